The molecule has 1 aliphatic heterocycles. The second-order valence-corrected chi connectivity index (χ2v) is 8.65. The lowest BCUT2D eigenvalue weighted by Crippen LogP contribution is -2.48. The molecule has 152 valence electrons. The highest BCUT2D eigenvalue weighted by atomic mass is 35.5. The highest BCUT2D eigenvalue weighted by molar-refractivity contribution is 7.92. The van der Waals surface area contributed by atoms with Crippen LogP contribution in [-0.4, -0.2) is 56.1 Å². The van der Waals surface area contributed by atoms with E-state index in [1.54, 1.807) is 31.2 Å². The van der Waals surface area contributed by atoms with E-state index in [-0.39, 0.29) is 24.1 Å². The van der Waals surface area contributed by atoms with E-state index in [0.717, 1.165) is 19.6 Å². The van der Waals surface area contributed by atoms with E-state index in [9.17, 15) is 13.2 Å². The van der Waals surface area contributed by atoms with Crippen LogP contribution >= 0.6 is 12.4 Å². The molecule has 0 bridgehead atoms. The van der Waals surface area contributed by atoms with Crippen LogP contribution in [-0.2, 0) is 16.6 Å². The lowest BCUT2D eigenvalue weighted by atomic mass is 10.1. The summed E-state index contributed by atoms with van der Waals surface area (Å²) in [6, 6.07) is 16.9. The van der Waals surface area contributed by atoms with Crippen molar-refractivity contribution in [3.63, 3.8) is 0 Å². The maximum Gasteiger partial charge on any atom is 0.253 e. The van der Waals surface area contributed by atoms with Gasteiger partial charge in [-0.05, 0) is 36.8 Å². The molecule has 1 saturated heterocycles. The van der Waals surface area contributed by atoms with E-state index in [1.807, 2.05) is 23.1 Å². The fraction of sp³-hybridized carbons (Fsp3) is 0.350. The van der Waals surface area contributed by atoms with Gasteiger partial charge in [-0.3, -0.25) is 14.4 Å². The number of hydrogen-bond acceptors (Lipinski definition) is 4. The van der Waals surface area contributed by atoms with Gasteiger partial charge in [0.2, 0.25) is 10.0 Å². The molecular weight excluding hydrogens is 398 g/mol. The van der Waals surface area contributed by atoms with Crippen LogP contribution in [0.4, 0.5) is 5.69 Å². The number of nitrogens with zero attached hydrogens (tertiary/aromatic N) is 2. The molecule has 1 aliphatic rings. The SMILES string of the molecule is CCS(=O)(=O)Nc1ccc(C(=O)N2CCN(Cc3ccccc3)CC2)cc1.Cl. The topological polar surface area (TPSA) is 69.7 Å². The van der Waals surface area contributed by atoms with Crippen molar-refractivity contribution in [1.29, 1.82) is 0 Å². The van der Waals surface area contributed by atoms with Crippen molar-refractivity contribution in [2.24, 2.45) is 0 Å². The quantitative estimate of drug-likeness (QED) is 0.775. The summed E-state index contributed by atoms with van der Waals surface area (Å²) in [4.78, 5) is 16.9. The highest BCUT2D eigenvalue weighted by Gasteiger charge is 2.22. The first-order valence-corrected chi connectivity index (χ1v) is 10.8. The largest absolute Gasteiger partial charge is 0.336 e. The summed E-state index contributed by atoms with van der Waals surface area (Å²) in [5.41, 5.74) is 2.33. The Morgan fingerprint density at radius 3 is 2.14 bits per heavy atom. The monoisotopic (exact) mass is 423 g/mol. The molecule has 0 unspecified atom stereocenters. The molecule has 0 aliphatic carbocycles. The van der Waals surface area contributed by atoms with Gasteiger partial charge in [-0.25, -0.2) is 8.42 Å². The van der Waals surface area contributed by atoms with Gasteiger partial charge in [-0.2, -0.15) is 0 Å². The van der Waals surface area contributed by atoms with Gasteiger partial charge in [0, 0.05) is 44.0 Å². The Labute approximate surface area is 173 Å². The molecule has 1 amide bonds. The molecule has 1 heterocycles. The van der Waals surface area contributed by atoms with Crippen LogP contribution in [0.2, 0.25) is 0 Å². The van der Waals surface area contributed by atoms with Crippen LogP contribution in [0.1, 0.15) is 22.8 Å². The van der Waals surface area contributed by atoms with Gasteiger partial charge in [0.05, 0.1) is 5.75 Å². The van der Waals surface area contributed by atoms with Gasteiger partial charge < -0.3 is 4.90 Å². The lowest BCUT2D eigenvalue weighted by Gasteiger charge is -2.34. The van der Waals surface area contributed by atoms with Crippen molar-refractivity contribution in [3.05, 3.63) is 65.7 Å². The zero-order valence-corrected chi connectivity index (χ0v) is 17.5. The molecule has 2 aromatic carbocycles. The minimum absolute atomic E-state index is 0. The smallest absolute Gasteiger partial charge is 0.253 e. The van der Waals surface area contributed by atoms with Crippen molar-refractivity contribution in [3.8, 4) is 0 Å². The predicted molar refractivity (Wildman–Crippen MR) is 114 cm³/mol. The van der Waals surface area contributed by atoms with Crippen LogP contribution in [0, 0.1) is 0 Å². The number of sulfonamides is 1. The van der Waals surface area contributed by atoms with Crippen LogP contribution in [0.15, 0.2) is 54.6 Å². The van der Waals surface area contributed by atoms with Gasteiger partial charge >= 0.3 is 0 Å². The third-order valence-corrected chi connectivity index (χ3v) is 6.00. The van der Waals surface area contributed by atoms with E-state index in [2.05, 4.69) is 21.8 Å². The van der Waals surface area contributed by atoms with Crippen LogP contribution < -0.4 is 4.72 Å². The van der Waals surface area contributed by atoms with Crippen molar-refractivity contribution < 1.29 is 13.2 Å². The second-order valence-electron chi connectivity index (χ2n) is 6.64. The number of piperazine rings is 1. The number of halogens is 1. The molecule has 0 spiro atoms. The van der Waals surface area contributed by atoms with Gasteiger partial charge in [0.25, 0.3) is 5.91 Å². The third-order valence-electron chi connectivity index (χ3n) is 4.69. The highest BCUT2D eigenvalue weighted by Crippen LogP contribution is 2.15. The Morgan fingerprint density at radius 1 is 0.964 bits per heavy atom. The molecular formula is C20H26ClN3O3S. The molecule has 8 heteroatoms. The minimum Gasteiger partial charge on any atom is -0.336 e. The van der Waals surface area contributed by atoms with Gasteiger partial charge in [0.15, 0.2) is 0 Å². The molecule has 3 rings (SSSR count). The zero-order valence-electron chi connectivity index (χ0n) is 15.9. The number of benzene rings is 2. The standard InChI is InChI=1S/C20H25N3O3S.ClH/c1-2-27(25,26)21-19-10-8-18(9-11-19)20(24)23-14-12-22(13-15-23)16-17-6-4-3-5-7-17;/h3-11,21H,2,12-16H2,1H3;1H. The minimum atomic E-state index is -3.31. The van der Waals surface area contributed by atoms with Crippen molar-refractivity contribution in [1.82, 2.24) is 9.80 Å². The van der Waals surface area contributed by atoms with Crippen LogP contribution in [0.5, 0.6) is 0 Å². The summed E-state index contributed by atoms with van der Waals surface area (Å²) < 4.78 is 25.7. The van der Waals surface area contributed by atoms with Crippen LogP contribution in [0.3, 0.4) is 0 Å². The number of rotatable bonds is 6. The number of carbonyl (C=O) groups is 1. The fourth-order valence-corrected chi connectivity index (χ4v) is 3.71. The average Bonchev–Trinajstić information content (AvgIpc) is 2.69. The molecule has 1 N–H and O–H groups in total. The normalized spacial score (nSPS) is 15.0. The van der Waals surface area contributed by atoms with Gasteiger partial charge in [-0.15, -0.1) is 12.4 Å². The summed E-state index contributed by atoms with van der Waals surface area (Å²) in [6.45, 7) is 5.54. The number of anilines is 1. The Bertz CT molecular complexity index is 865. The molecule has 0 saturated carbocycles. The average molecular weight is 424 g/mol. The molecule has 0 atom stereocenters. The molecule has 6 nitrogen and oxygen atoms in total. The summed E-state index contributed by atoms with van der Waals surface area (Å²) in [5, 5.41) is 0. The Hall–Kier alpha value is -2.09. The first-order valence-electron chi connectivity index (χ1n) is 9.13. The fourth-order valence-electron chi connectivity index (χ4n) is 3.07. The summed E-state index contributed by atoms with van der Waals surface area (Å²) >= 11 is 0. The first-order chi connectivity index (χ1) is 13.0. The predicted octanol–water partition coefficient (Wildman–Crippen LogP) is 2.83. The molecule has 0 aromatic heterocycles. The Balaban J connectivity index is 0.00000280. The summed E-state index contributed by atoms with van der Waals surface area (Å²) in [7, 11) is -3.31. The third kappa shape index (κ3) is 5.95. The zero-order chi connectivity index (χ0) is 19.3. The maximum atomic E-state index is 12.7. The van der Waals surface area contributed by atoms with Crippen molar-refractivity contribution >= 4 is 34.0 Å². The lowest BCUT2D eigenvalue weighted by molar-refractivity contribution is 0.0628. The van der Waals surface area contributed by atoms with E-state index in [4.69, 9.17) is 0 Å². The number of amides is 1. The van der Waals surface area contributed by atoms with Gasteiger partial charge in [0.1, 0.15) is 0 Å². The Morgan fingerprint density at radius 2 is 1.57 bits per heavy atom. The molecule has 28 heavy (non-hydrogen) atoms. The van der Waals surface area contributed by atoms with Crippen molar-refractivity contribution in [2.45, 2.75) is 13.5 Å². The van der Waals surface area contributed by atoms with E-state index < -0.39 is 10.0 Å². The number of hydrogen-bond donors (Lipinski definition) is 1. The summed E-state index contributed by atoms with van der Waals surface area (Å²) in [5.74, 6) is 0.000248. The second kappa shape index (κ2) is 9.91. The number of carbonyl (C=O) groups excluding carboxylic acids is 1. The van der Waals surface area contributed by atoms with Crippen LogP contribution in [0.25, 0.3) is 0 Å². The molecule has 1 fully saturated rings. The summed E-state index contributed by atoms with van der Waals surface area (Å²) in [6.07, 6.45) is 0. The van der Waals surface area contributed by atoms with E-state index >= 15 is 0 Å². The molecule has 2 aromatic rings. The molecule has 0 radical (unpaired) electrons. The number of nitrogens with one attached hydrogen (secondary N) is 1. The van der Waals surface area contributed by atoms with E-state index in [1.165, 1.54) is 5.56 Å². The van der Waals surface area contributed by atoms with Gasteiger partial charge in [-0.1, -0.05) is 30.3 Å². The Kier molecular flexibility index (Phi) is 7.86. The first kappa shape index (κ1) is 22.2. The maximum absolute atomic E-state index is 12.7. The van der Waals surface area contributed by atoms with E-state index in [0.29, 0.717) is 24.3 Å². The van der Waals surface area contributed by atoms with Crippen molar-refractivity contribution in [2.75, 3.05) is 36.7 Å².